The number of fused-ring (bicyclic) bond motifs is 1. The Bertz CT molecular complexity index is 1340. The summed E-state index contributed by atoms with van der Waals surface area (Å²) < 4.78 is 38.7. The zero-order valence-corrected chi connectivity index (χ0v) is 21.7. The number of pyridine rings is 1. The lowest BCUT2D eigenvalue weighted by Crippen LogP contribution is -2.53. The first-order chi connectivity index (χ1) is 16.3. The zero-order chi connectivity index (χ0) is 25.6. The van der Waals surface area contributed by atoms with Crippen LogP contribution in [0.2, 0.25) is 0 Å². The Morgan fingerprint density at radius 1 is 1.23 bits per heavy atom. The Kier molecular flexibility index (Phi) is 6.54. The highest BCUT2D eigenvalue weighted by Crippen LogP contribution is 2.37. The summed E-state index contributed by atoms with van der Waals surface area (Å²) in [6, 6.07) is 6.01. The van der Waals surface area contributed by atoms with Crippen molar-refractivity contribution < 1.29 is 26.9 Å². The largest absolute Gasteiger partial charge is 0.494 e. The minimum atomic E-state index is -3.61. The maximum absolute atomic E-state index is 11.2. The van der Waals surface area contributed by atoms with Gasteiger partial charge in [0.25, 0.3) is 16.0 Å². The zero-order valence-electron chi connectivity index (χ0n) is 20.9. The molecule has 0 radical (unpaired) electrons. The second-order valence-electron chi connectivity index (χ2n) is 10.2. The molecule has 4 rings (SSSR count). The fraction of sp³-hybridized carbons (Fsp3) is 0.542. The molecule has 0 spiro atoms. The van der Waals surface area contributed by atoms with Crippen LogP contribution in [0.4, 0.5) is 6.01 Å². The molecular formula is C24H32N4O6S. The van der Waals surface area contributed by atoms with Gasteiger partial charge in [-0.1, -0.05) is 25.9 Å². The second-order valence-corrected chi connectivity index (χ2v) is 11.9. The van der Waals surface area contributed by atoms with Crippen molar-refractivity contribution in [1.82, 2.24) is 15.2 Å². The summed E-state index contributed by atoms with van der Waals surface area (Å²) in [6.45, 7) is 10.7. The molecule has 1 saturated carbocycles. The molecule has 0 saturated heterocycles. The predicted molar refractivity (Wildman–Crippen MR) is 132 cm³/mol. The molecule has 10 nitrogen and oxygen atoms in total. The normalized spacial score (nSPS) is 20.6. The van der Waals surface area contributed by atoms with E-state index >= 15 is 0 Å². The average molecular weight is 505 g/mol. The van der Waals surface area contributed by atoms with E-state index < -0.39 is 15.7 Å². The summed E-state index contributed by atoms with van der Waals surface area (Å²) in [4.78, 5) is 4.88. The first kappa shape index (κ1) is 25.3. The third-order valence-electron chi connectivity index (χ3n) is 5.98. The van der Waals surface area contributed by atoms with Gasteiger partial charge in [-0.3, -0.25) is 4.18 Å². The molecule has 1 aliphatic rings. The lowest BCUT2D eigenvalue weighted by molar-refractivity contribution is -0.0720. The molecule has 190 valence electrons. The quantitative estimate of drug-likeness (QED) is 0.438. The van der Waals surface area contributed by atoms with Crippen molar-refractivity contribution >= 4 is 27.0 Å². The molecule has 1 aromatic carbocycles. The van der Waals surface area contributed by atoms with Crippen LogP contribution in [0, 0.1) is 6.92 Å². The van der Waals surface area contributed by atoms with Crippen LogP contribution in [-0.4, -0.2) is 59.8 Å². The number of hydrogen-bond acceptors (Lipinski definition) is 10. The fourth-order valence-electron chi connectivity index (χ4n) is 4.25. The molecule has 11 heteroatoms. The van der Waals surface area contributed by atoms with Crippen molar-refractivity contribution in [3.63, 3.8) is 0 Å². The number of hydrogen-bond donors (Lipinski definition) is 2. The van der Waals surface area contributed by atoms with Crippen LogP contribution in [0.15, 0.2) is 22.6 Å². The molecule has 1 aliphatic carbocycles. The number of aromatic nitrogens is 3. The van der Waals surface area contributed by atoms with Gasteiger partial charge in [0.1, 0.15) is 11.4 Å². The maximum Gasteiger partial charge on any atom is 0.316 e. The first-order valence-electron chi connectivity index (χ1n) is 11.5. The Hall–Kier alpha value is -2.76. The van der Waals surface area contributed by atoms with E-state index in [2.05, 4.69) is 36.3 Å². The first-order valence-corrected chi connectivity index (χ1v) is 13.3. The van der Waals surface area contributed by atoms with Gasteiger partial charge >= 0.3 is 6.01 Å². The van der Waals surface area contributed by atoms with Crippen molar-refractivity contribution in [2.45, 2.75) is 64.5 Å². The summed E-state index contributed by atoms with van der Waals surface area (Å²) >= 11 is 0. The van der Waals surface area contributed by atoms with Crippen LogP contribution < -0.4 is 10.1 Å². The standard InChI is InChI=1S/C24H32N4O6S/c1-7-32-16-9-17-14(2)8-19(26-20(17)18(10-16)23(3,4)5)21-27-28-22(34-21)25-15-11-24(29,12-15)13-33-35(6,30)31/h8-10,15,29H,7,11-13H2,1-6H3,(H,25,28). The summed E-state index contributed by atoms with van der Waals surface area (Å²) in [6.07, 6.45) is 1.55. The molecule has 0 bridgehead atoms. The number of nitrogens with zero attached hydrogens (tertiary/aromatic N) is 3. The Balaban J connectivity index is 1.55. The lowest BCUT2D eigenvalue weighted by atomic mass is 9.76. The Morgan fingerprint density at radius 3 is 2.57 bits per heavy atom. The molecule has 0 aliphatic heterocycles. The van der Waals surface area contributed by atoms with Crippen molar-refractivity contribution in [3.05, 3.63) is 29.3 Å². The molecule has 35 heavy (non-hydrogen) atoms. The highest BCUT2D eigenvalue weighted by atomic mass is 32.2. The van der Waals surface area contributed by atoms with E-state index in [0.717, 1.165) is 34.0 Å². The van der Waals surface area contributed by atoms with E-state index in [1.807, 2.05) is 32.0 Å². The Morgan fingerprint density at radius 2 is 1.94 bits per heavy atom. The number of nitrogens with one attached hydrogen (secondary N) is 1. The molecule has 2 aromatic heterocycles. The van der Waals surface area contributed by atoms with Gasteiger partial charge in [-0.15, -0.1) is 5.10 Å². The van der Waals surface area contributed by atoms with Crippen LogP contribution in [-0.2, 0) is 19.7 Å². The minimum Gasteiger partial charge on any atom is -0.494 e. The number of rotatable bonds is 8. The van der Waals surface area contributed by atoms with Crippen LogP contribution >= 0.6 is 0 Å². The van der Waals surface area contributed by atoms with Gasteiger partial charge in [0.15, 0.2) is 0 Å². The average Bonchev–Trinajstić information content (AvgIpc) is 3.19. The number of anilines is 1. The van der Waals surface area contributed by atoms with Gasteiger partial charge in [0, 0.05) is 11.4 Å². The SMILES string of the molecule is CCOc1cc(C(C)(C)C)c2nc(-c3nnc(NC4CC(O)(COS(C)(=O)=O)C4)o3)cc(C)c2c1. The van der Waals surface area contributed by atoms with Gasteiger partial charge in [-0.2, -0.15) is 8.42 Å². The van der Waals surface area contributed by atoms with Gasteiger partial charge in [0.05, 0.1) is 30.6 Å². The minimum absolute atomic E-state index is 0.146. The van der Waals surface area contributed by atoms with Gasteiger partial charge in [-0.05, 0) is 61.4 Å². The van der Waals surface area contributed by atoms with E-state index in [1.54, 1.807) is 0 Å². The van der Waals surface area contributed by atoms with Crippen LogP contribution in [0.3, 0.4) is 0 Å². The van der Waals surface area contributed by atoms with Gasteiger partial charge in [-0.25, -0.2) is 4.98 Å². The van der Waals surface area contributed by atoms with E-state index in [1.165, 1.54) is 0 Å². The van der Waals surface area contributed by atoms with Crippen molar-refractivity contribution in [3.8, 4) is 17.3 Å². The van der Waals surface area contributed by atoms with E-state index in [0.29, 0.717) is 25.1 Å². The monoisotopic (exact) mass is 504 g/mol. The van der Waals surface area contributed by atoms with E-state index in [-0.39, 0.29) is 30.0 Å². The number of aliphatic hydroxyl groups is 1. The smallest absolute Gasteiger partial charge is 0.316 e. The van der Waals surface area contributed by atoms with Crippen molar-refractivity contribution in [1.29, 1.82) is 0 Å². The van der Waals surface area contributed by atoms with E-state index in [9.17, 15) is 13.5 Å². The van der Waals surface area contributed by atoms with Gasteiger partial charge < -0.3 is 19.6 Å². The Labute approximate surface area is 205 Å². The molecule has 0 amide bonds. The van der Waals surface area contributed by atoms with Crippen LogP contribution in [0.25, 0.3) is 22.5 Å². The van der Waals surface area contributed by atoms with Crippen molar-refractivity contribution in [2.24, 2.45) is 0 Å². The van der Waals surface area contributed by atoms with Crippen molar-refractivity contribution in [2.75, 3.05) is 24.8 Å². The molecule has 0 unspecified atom stereocenters. The van der Waals surface area contributed by atoms with Crippen LogP contribution in [0.5, 0.6) is 5.75 Å². The number of aryl methyl sites for hydroxylation is 1. The molecule has 3 aromatic rings. The fourth-order valence-corrected chi connectivity index (χ4v) is 4.68. The summed E-state index contributed by atoms with van der Waals surface area (Å²) in [5.41, 5.74) is 2.14. The van der Waals surface area contributed by atoms with E-state index in [4.69, 9.17) is 18.3 Å². The number of ether oxygens (including phenoxy) is 1. The third-order valence-corrected chi connectivity index (χ3v) is 6.52. The highest BCUT2D eigenvalue weighted by Gasteiger charge is 2.44. The van der Waals surface area contributed by atoms with Gasteiger partial charge in [0.2, 0.25) is 0 Å². The highest BCUT2D eigenvalue weighted by molar-refractivity contribution is 7.85. The number of benzene rings is 1. The topological polar surface area (TPSA) is 137 Å². The lowest BCUT2D eigenvalue weighted by Gasteiger charge is -2.42. The third kappa shape index (κ3) is 5.74. The van der Waals surface area contributed by atoms with Crippen LogP contribution in [0.1, 0.15) is 51.7 Å². The molecular weight excluding hydrogens is 472 g/mol. The summed E-state index contributed by atoms with van der Waals surface area (Å²) in [5.74, 6) is 1.09. The molecule has 1 fully saturated rings. The second kappa shape index (κ2) is 9.03. The maximum atomic E-state index is 11.2. The summed E-state index contributed by atoms with van der Waals surface area (Å²) in [7, 11) is -3.61. The predicted octanol–water partition coefficient (Wildman–Crippen LogP) is 3.57. The molecule has 2 N–H and O–H groups in total. The summed E-state index contributed by atoms with van der Waals surface area (Å²) in [5, 5.41) is 22.7. The molecule has 2 heterocycles. The molecule has 0 atom stereocenters.